The molecular weight excluding hydrogens is 190 g/mol. The van der Waals surface area contributed by atoms with Crippen LogP contribution in [-0.4, -0.2) is 28.9 Å². The van der Waals surface area contributed by atoms with Gasteiger partial charge in [0.25, 0.3) is 0 Å². The van der Waals surface area contributed by atoms with Crippen LogP contribution < -0.4 is 5.73 Å². The van der Waals surface area contributed by atoms with Gasteiger partial charge in [0.05, 0.1) is 7.11 Å². The Hall–Kier alpha value is -1.17. The molecule has 0 amide bonds. The molecule has 0 aliphatic carbocycles. The zero-order valence-corrected chi connectivity index (χ0v) is 8.51. The van der Waals surface area contributed by atoms with Crippen LogP contribution in [0.25, 0.3) is 0 Å². The minimum absolute atomic E-state index is 0.207. The maximum absolute atomic E-state index is 11.2. The second kappa shape index (κ2) is 3.69. The summed E-state index contributed by atoms with van der Waals surface area (Å²) in [5.41, 5.74) is 5.85. The maximum atomic E-state index is 11.2. The minimum atomic E-state index is -0.465. The molecule has 13 heavy (non-hydrogen) atoms. The Kier molecular flexibility index (Phi) is 2.82. The Balaban J connectivity index is 3.20. The molecule has 72 valence electrons. The Labute approximate surface area is 80.3 Å². The van der Waals surface area contributed by atoms with Crippen molar-refractivity contribution in [2.24, 2.45) is 7.05 Å². The number of methoxy groups -OCH3 is 1. The lowest BCUT2D eigenvalue weighted by atomic mass is 10.4. The van der Waals surface area contributed by atoms with E-state index in [9.17, 15) is 4.79 Å². The van der Waals surface area contributed by atoms with Crippen molar-refractivity contribution < 1.29 is 9.53 Å². The van der Waals surface area contributed by atoms with Crippen LogP contribution in [0.5, 0.6) is 0 Å². The standard InChI is InChI=1S/C7H11N3O2S/c1-10-4(6(11)12-2)5(8)9-7(10)13-3/h8H2,1-3H3. The predicted molar refractivity (Wildman–Crippen MR) is 50.7 cm³/mol. The van der Waals surface area contributed by atoms with Gasteiger partial charge in [-0.2, -0.15) is 0 Å². The molecule has 1 heterocycles. The topological polar surface area (TPSA) is 70.1 Å². The number of hydrogen-bond donors (Lipinski definition) is 1. The normalized spacial score (nSPS) is 10.1. The first kappa shape index (κ1) is 9.91. The number of ether oxygens (including phenoxy) is 1. The van der Waals surface area contributed by atoms with E-state index in [0.717, 1.165) is 0 Å². The fourth-order valence-electron chi connectivity index (χ4n) is 1.02. The molecule has 2 N–H and O–H groups in total. The zero-order valence-electron chi connectivity index (χ0n) is 7.70. The summed E-state index contributed by atoms with van der Waals surface area (Å²) in [5, 5.41) is 0.693. The summed E-state index contributed by atoms with van der Waals surface area (Å²) < 4.78 is 6.18. The van der Waals surface area contributed by atoms with Gasteiger partial charge in [0.2, 0.25) is 0 Å². The lowest BCUT2D eigenvalue weighted by Gasteiger charge is -2.01. The number of nitrogens with zero attached hydrogens (tertiary/aromatic N) is 2. The highest BCUT2D eigenvalue weighted by Crippen LogP contribution is 2.20. The van der Waals surface area contributed by atoms with Crippen molar-refractivity contribution in [2.45, 2.75) is 5.16 Å². The molecule has 1 aromatic heterocycles. The summed E-state index contributed by atoms with van der Waals surface area (Å²) in [6, 6.07) is 0. The quantitative estimate of drug-likeness (QED) is 0.557. The number of rotatable bonds is 2. The van der Waals surface area contributed by atoms with E-state index in [0.29, 0.717) is 10.9 Å². The SMILES string of the molecule is COC(=O)c1c(N)nc(SC)n1C. The second-order valence-corrected chi connectivity index (χ2v) is 3.16. The molecule has 0 spiro atoms. The Morgan fingerprint density at radius 3 is 2.69 bits per heavy atom. The van der Waals surface area contributed by atoms with Gasteiger partial charge in [0, 0.05) is 7.05 Å². The van der Waals surface area contributed by atoms with E-state index in [-0.39, 0.29) is 5.82 Å². The van der Waals surface area contributed by atoms with Crippen molar-refractivity contribution in [3.63, 3.8) is 0 Å². The molecule has 0 aliphatic heterocycles. The van der Waals surface area contributed by atoms with Crippen molar-refractivity contribution in [1.82, 2.24) is 9.55 Å². The van der Waals surface area contributed by atoms with Crippen LogP contribution in [0.15, 0.2) is 5.16 Å². The second-order valence-electron chi connectivity index (χ2n) is 2.38. The van der Waals surface area contributed by atoms with E-state index in [1.807, 2.05) is 6.26 Å². The molecule has 0 saturated carbocycles. The minimum Gasteiger partial charge on any atom is -0.464 e. The molecule has 0 fully saturated rings. The molecule has 0 radical (unpaired) electrons. The maximum Gasteiger partial charge on any atom is 0.358 e. The lowest BCUT2D eigenvalue weighted by Crippen LogP contribution is -2.10. The van der Waals surface area contributed by atoms with Gasteiger partial charge >= 0.3 is 5.97 Å². The first-order valence-corrected chi connectivity index (χ1v) is 4.78. The fourth-order valence-corrected chi connectivity index (χ4v) is 1.57. The van der Waals surface area contributed by atoms with Crippen molar-refractivity contribution in [3.05, 3.63) is 5.69 Å². The van der Waals surface area contributed by atoms with Gasteiger partial charge in [-0.3, -0.25) is 0 Å². The summed E-state index contributed by atoms with van der Waals surface area (Å²) in [6.45, 7) is 0. The highest BCUT2D eigenvalue weighted by Gasteiger charge is 2.18. The Bertz CT molecular complexity index is 335. The van der Waals surface area contributed by atoms with Crippen LogP contribution in [0.3, 0.4) is 0 Å². The lowest BCUT2D eigenvalue weighted by molar-refractivity contribution is 0.0590. The molecule has 1 aromatic rings. The van der Waals surface area contributed by atoms with E-state index in [4.69, 9.17) is 5.73 Å². The van der Waals surface area contributed by atoms with E-state index < -0.39 is 5.97 Å². The first-order chi connectivity index (χ1) is 6.11. The third kappa shape index (κ3) is 1.62. The van der Waals surface area contributed by atoms with Crippen LogP contribution in [0, 0.1) is 0 Å². The molecule has 0 aliphatic rings. The number of thioether (sulfide) groups is 1. The smallest absolute Gasteiger partial charge is 0.358 e. The number of anilines is 1. The third-order valence-electron chi connectivity index (χ3n) is 1.64. The van der Waals surface area contributed by atoms with Gasteiger partial charge < -0.3 is 15.0 Å². The molecule has 6 heteroatoms. The van der Waals surface area contributed by atoms with Crippen LogP contribution in [-0.2, 0) is 11.8 Å². The van der Waals surface area contributed by atoms with Gasteiger partial charge in [-0.1, -0.05) is 11.8 Å². The molecular formula is C7H11N3O2S. The van der Waals surface area contributed by atoms with Gasteiger partial charge in [-0.25, -0.2) is 9.78 Å². The zero-order chi connectivity index (χ0) is 10.0. The Morgan fingerprint density at radius 1 is 1.69 bits per heavy atom. The number of nitrogen functional groups attached to an aromatic ring is 1. The van der Waals surface area contributed by atoms with Gasteiger partial charge in [0.15, 0.2) is 16.7 Å². The van der Waals surface area contributed by atoms with Crippen LogP contribution in [0.2, 0.25) is 0 Å². The molecule has 0 atom stereocenters. The average molecular weight is 201 g/mol. The van der Waals surface area contributed by atoms with Crippen LogP contribution >= 0.6 is 11.8 Å². The largest absolute Gasteiger partial charge is 0.464 e. The summed E-state index contributed by atoms with van der Waals surface area (Å²) >= 11 is 1.42. The first-order valence-electron chi connectivity index (χ1n) is 3.56. The van der Waals surface area contributed by atoms with Crippen molar-refractivity contribution in [3.8, 4) is 0 Å². The monoisotopic (exact) mass is 201 g/mol. The van der Waals surface area contributed by atoms with E-state index in [1.165, 1.54) is 18.9 Å². The van der Waals surface area contributed by atoms with Crippen LogP contribution in [0.4, 0.5) is 5.82 Å². The summed E-state index contributed by atoms with van der Waals surface area (Å²) in [7, 11) is 3.04. The van der Waals surface area contributed by atoms with E-state index >= 15 is 0 Å². The highest BCUT2D eigenvalue weighted by molar-refractivity contribution is 7.98. The summed E-state index contributed by atoms with van der Waals surface area (Å²) in [6.07, 6.45) is 1.86. The van der Waals surface area contributed by atoms with E-state index in [2.05, 4.69) is 9.72 Å². The van der Waals surface area contributed by atoms with Crippen molar-refractivity contribution >= 4 is 23.5 Å². The summed E-state index contributed by atoms with van der Waals surface area (Å²) in [5.74, 6) is -0.258. The summed E-state index contributed by atoms with van der Waals surface area (Å²) in [4.78, 5) is 15.2. The van der Waals surface area contributed by atoms with Gasteiger partial charge in [-0.15, -0.1) is 0 Å². The molecule has 5 nitrogen and oxygen atoms in total. The number of imidazole rings is 1. The predicted octanol–water partition coefficient (Wildman–Crippen LogP) is 0.511. The highest BCUT2D eigenvalue weighted by atomic mass is 32.2. The number of carbonyl (C=O) groups is 1. The molecule has 1 rings (SSSR count). The van der Waals surface area contributed by atoms with E-state index in [1.54, 1.807) is 11.6 Å². The number of aromatic nitrogens is 2. The van der Waals surface area contributed by atoms with Crippen molar-refractivity contribution in [1.29, 1.82) is 0 Å². The number of hydrogen-bond acceptors (Lipinski definition) is 5. The molecule has 0 unspecified atom stereocenters. The van der Waals surface area contributed by atoms with Gasteiger partial charge in [0.1, 0.15) is 0 Å². The van der Waals surface area contributed by atoms with Gasteiger partial charge in [-0.05, 0) is 6.26 Å². The number of carbonyl (C=O) groups excluding carboxylic acids is 1. The number of esters is 1. The third-order valence-corrected chi connectivity index (χ3v) is 2.37. The molecule has 0 saturated heterocycles. The molecule has 0 bridgehead atoms. The van der Waals surface area contributed by atoms with Crippen molar-refractivity contribution in [2.75, 3.05) is 19.1 Å². The Morgan fingerprint density at radius 2 is 2.31 bits per heavy atom. The average Bonchev–Trinajstić information content (AvgIpc) is 2.40. The number of nitrogens with two attached hydrogens (primary N) is 1. The fraction of sp³-hybridized carbons (Fsp3) is 0.429. The molecule has 0 aromatic carbocycles. The van der Waals surface area contributed by atoms with Crippen LogP contribution in [0.1, 0.15) is 10.5 Å².